The molecule has 0 radical (unpaired) electrons. The van der Waals surface area contributed by atoms with Crippen LogP contribution in [0.3, 0.4) is 0 Å². The van der Waals surface area contributed by atoms with Gasteiger partial charge in [-0.1, -0.05) is 30.3 Å². The van der Waals surface area contributed by atoms with E-state index in [-0.39, 0.29) is 5.43 Å². The average molecular weight is 196 g/mol. The molecule has 0 bridgehead atoms. The maximum Gasteiger partial charge on any atom is 0.190 e. The van der Waals surface area contributed by atoms with Crippen LogP contribution >= 0.6 is 0 Å². The van der Waals surface area contributed by atoms with Gasteiger partial charge in [-0.05, 0) is 27.3 Å². The van der Waals surface area contributed by atoms with Crippen LogP contribution in [0.15, 0.2) is 41.2 Å². The zero-order chi connectivity index (χ0) is 10.4. The lowest BCUT2D eigenvalue weighted by Gasteiger charge is -1.94. The Morgan fingerprint density at radius 2 is 1.87 bits per heavy atom. The highest BCUT2D eigenvalue weighted by Crippen LogP contribution is 2.14. The van der Waals surface area contributed by atoms with E-state index in [4.69, 9.17) is 5.11 Å². The second-order valence-electron chi connectivity index (χ2n) is 3.61. The molecule has 2 aliphatic carbocycles. The monoisotopic (exact) mass is 196 g/mol. The molecule has 2 heteroatoms. The summed E-state index contributed by atoms with van der Waals surface area (Å²) < 4.78 is 0. The molecule has 2 nitrogen and oxygen atoms in total. The van der Waals surface area contributed by atoms with E-state index in [1.54, 1.807) is 6.07 Å². The second kappa shape index (κ2) is 2.70. The molecule has 72 valence electrons. The Morgan fingerprint density at radius 1 is 1.07 bits per heavy atom. The molecule has 0 atom stereocenters. The van der Waals surface area contributed by atoms with Gasteiger partial charge in [-0.25, -0.2) is 0 Å². The predicted molar refractivity (Wildman–Crippen MR) is 59.0 cm³/mol. The smallest absolute Gasteiger partial charge is 0.190 e. The number of rotatable bonds is 0. The number of benzene rings is 1. The van der Waals surface area contributed by atoms with Crippen LogP contribution in [0.5, 0.6) is 0 Å². The van der Waals surface area contributed by atoms with Crippen molar-refractivity contribution < 1.29 is 5.11 Å². The molecular weight excluding hydrogens is 188 g/mol. The van der Waals surface area contributed by atoms with E-state index in [1.807, 2.05) is 30.3 Å². The highest BCUT2D eigenvalue weighted by Gasteiger charge is 2.03. The van der Waals surface area contributed by atoms with Gasteiger partial charge in [-0.3, -0.25) is 4.79 Å². The van der Waals surface area contributed by atoms with Crippen LogP contribution < -0.4 is 10.6 Å². The van der Waals surface area contributed by atoms with Crippen LogP contribution in [0.4, 0.5) is 0 Å². The molecule has 0 amide bonds. The zero-order valence-corrected chi connectivity index (χ0v) is 7.90. The normalized spacial score (nSPS) is 12.9. The van der Waals surface area contributed by atoms with Crippen molar-refractivity contribution >= 4 is 17.0 Å². The van der Waals surface area contributed by atoms with Crippen molar-refractivity contribution in [1.29, 1.82) is 0 Å². The summed E-state index contributed by atoms with van der Waals surface area (Å²) in [5.41, 5.74) is -0.135. The van der Waals surface area contributed by atoms with Crippen molar-refractivity contribution in [3.8, 4) is 0 Å². The summed E-state index contributed by atoms with van der Waals surface area (Å²) in [5, 5.41) is 13.4. The Labute approximate surface area is 85.1 Å². The molecule has 0 aliphatic heterocycles. The lowest BCUT2D eigenvalue weighted by atomic mass is 10.1. The Balaban J connectivity index is 2.90. The quantitative estimate of drug-likeness (QED) is 0.589. The third-order valence-electron chi connectivity index (χ3n) is 2.80. The van der Waals surface area contributed by atoms with Crippen LogP contribution in [-0.4, -0.2) is 5.11 Å². The van der Waals surface area contributed by atoms with Crippen molar-refractivity contribution in [1.82, 2.24) is 0 Å². The molecule has 15 heavy (non-hydrogen) atoms. The minimum atomic E-state index is -0.135. The molecule has 0 unspecified atom stereocenters. The summed E-state index contributed by atoms with van der Waals surface area (Å²) in [7, 11) is 0. The van der Waals surface area contributed by atoms with E-state index >= 15 is 0 Å². The van der Waals surface area contributed by atoms with Crippen molar-refractivity contribution in [2.24, 2.45) is 0 Å². The summed E-state index contributed by atoms with van der Waals surface area (Å²) in [6, 6.07) is 11.3. The van der Waals surface area contributed by atoms with E-state index in [0.717, 1.165) is 27.5 Å². The summed E-state index contributed by atoms with van der Waals surface area (Å²) in [4.78, 5) is 11.6. The van der Waals surface area contributed by atoms with Gasteiger partial charge in [-0.2, -0.15) is 0 Å². The fourth-order valence-corrected chi connectivity index (χ4v) is 2.12. The van der Waals surface area contributed by atoms with E-state index in [1.165, 1.54) is 0 Å². The first kappa shape index (κ1) is 8.24. The van der Waals surface area contributed by atoms with Crippen LogP contribution in [0.2, 0.25) is 0 Å². The Hall–Kier alpha value is -2.09. The molecule has 0 heterocycles. The van der Waals surface area contributed by atoms with Crippen LogP contribution in [0, 0.1) is 10.4 Å². The Bertz CT molecular complexity index is 789. The average Bonchev–Trinajstić information content (AvgIpc) is 2.64. The first-order valence-electron chi connectivity index (χ1n) is 4.73. The van der Waals surface area contributed by atoms with Crippen LogP contribution in [0.25, 0.3) is 17.0 Å². The van der Waals surface area contributed by atoms with Gasteiger partial charge < -0.3 is 5.11 Å². The summed E-state index contributed by atoms with van der Waals surface area (Å²) in [5.74, 6) is 0. The molecule has 0 saturated heterocycles. The Morgan fingerprint density at radius 3 is 2.67 bits per heavy atom. The van der Waals surface area contributed by atoms with Crippen molar-refractivity contribution in [2.45, 2.75) is 0 Å². The van der Waals surface area contributed by atoms with Gasteiger partial charge in [0.05, 0.1) is 11.5 Å². The highest BCUT2D eigenvalue weighted by atomic mass is 16.2. The SMILES string of the molecule is O=c1cc2cccc3ccc(/c1=C/O)=c32. The third kappa shape index (κ3) is 0.960. The van der Waals surface area contributed by atoms with Gasteiger partial charge >= 0.3 is 0 Å². The number of aliphatic hydroxyl groups is 1. The molecule has 0 aromatic heterocycles. The number of hydrogen-bond acceptors (Lipinski definition) is 2. The highest BCUT2D eigenvalue weighted by molar-refractivity contribution is 5.72. The summed E-state index contributed by atoms with van der Waals surface area (Å²) in [6.45, 7) is 0. The molecule has 1 N–H and O–H groups in total. The van der Waals surface area contributed by atoms with Gasteiger partial charge in [0.25, 0.3) is 0 Å². The molecular formula is C13H8O2. The van der Waals surface area contributed by atoms with Crippen LogP contribution in [0.1, 0.15) is 0 Å². The maximum atomic E-state index is 11.6. The first-order valence-corrected chi connectivity index (χ1v) is 4.73. The standard InChI is InChI=1S/C13H8O2/c14-7-11-10-5-4-8-2-1-3-9(13(8)10)6-12(11)15/h1-7,14H/b11-7-. The lowest BCUT2D eigenvalue weighted by Crippen LogP contribution is -2.24. The topological polar surface area (TPSA) is 37.3 Å². The minimum Gasteiger partial charge on any atom is -0.515 e. The maximum absolute atomic E-state index is 11.6. The van der Waals surface area contributed by atoms with Crippen LogP contribution in [-0.2, 0) is 0 Å². The zero-order valence-electron chi connectivity index (χ0n) is 7.90. The van der Waals surface area contributed by atoms with E-state index in [0.29, 0.717) is 5.22 Å². The van der Waals surface area contributed by atoms with Gasteiger partial charge in [-0.15, -0.1) is 0 Å². The van der Waals surface area contributed by atoms with E-state index in [9.17, 15) is 4.79 Å². The molecule has 0 spiro atoms. The molecule has 1 aromatic carbocycles. The predicted octanol–water partition coefficient (Wildman–Crippen LogP) is 1.38. The fraction of sp³-hybridized carbons (Fsp3) is 0. The number of aliphatic hydroxyl groups excluding tert-OH is 1. The van der Waals surface area contributed by atoms with Gasteiger partial charge in [0.15, 0.2) is 5.43 Å². The third-order valence-corrected chi connectivity index (χ3v) is 2.80. The summed E-state index contributed by atoms with van der Waals surface area (Å²) >= 11 is 0. The molecule has 0 saturated carbocycles. The second-order valence-corrected chi connectivity index (χ2v) is 3.61. The van der Waals surface area contributed by atoms with Gasteiger partial charge in [0, 0.05) is 0 Å². The lowest BCUT2D eigenvalue weighted by molar-refractivity contribution is 0.539. The molecule has 1 aromatic rings. The molecule has 3 rings (SSSR count). The fourth-order valence-electron chi connectivity index (χ4n) is 2.12. The van der Waals surface area contributed by atoms with Crippen molar-refractivity contribution in [3.05, 3.63) is 62.3 Å². The van der Waals surface area contributed by atoms with Gasteiger partial charge in [0.2, 0.25) is 0 Å². The molecule has 2 aliphatic rings. The Kier molecular flexibility index (Phi) is 1.48. The summed E-state index contributed by atoms with van der Waals surface area (Å²) in [6.07, 6.45) is 0.892. The minimum absolute atomic E-state index is 0.135. The van der Waals surface area contributed by atoms with Crippen molar-refractivity contribution in [2.75, 3.05) is 0 Å². The van der Waals surface area contributed by atoms with Gasteiger partial charge in [0.1, 0.15) is 0 Å². The number of hydrogen-bond donors (Lipinski definition) is 1. The largest absolute Gasteiger partial charge is 0.515 e. The van der Waals surface area contributed by atoms with Crippen molar-refractivity contribution in [3.63, 3.8) is 0 Å². The molecule has 0 fully saturated rings. The van der Waals surface area contributed by atoms with E-state index < -0.39 is 0 Å². The first-order chi connectivity index (χ1) is 7.31. The van der Waals surface area contributed by atoms with E-state index in [2.05, 4.69) is 0 Å².